The lowest BCUT2D eigenvalue weighted by molar-refractivity contribution is -0.131. The molecular weight excluding hydrogens is 228 g/mol. The maximum atomic E-state index is 10.6. The highest BCUT2D eigenvalue weighted by Crippen LogP contribution is 2.27. The van der Waals surface area contributed by atoms with Crippen LogP contribution in [-0.2, 0) is 4.79 Å². The molecule has 2 rings (SSSR count). The number of hydrogen-bond acceptors (Lipinski definition) is 3. The van der Waals surface area contributed by atoms with Crippen LogP contribution in [0.5, 0.6) is 0 Å². The summed E-state index contributed by atoms with van der Waals surface area (Å²) < 4.78 is 0. The summed E-state index contributed by atoms with van der Waals surface area (Å²) >= 11 is 0. The minimum absolute atomic E-state index is 0.725. The van der Waals surface area contributed by atoms with Gasteiger partial charge in [0.1, 0.15) is 5.82 Å². The van der Waals surface area contributed by atoms with Gasteiger partial charge in [-0.1, -0.05) is 13.3 Å². The molecule has 1 aromatic rings. The van der Waals surface area contributed by atoms with Crippen LogP contribution in [0.15, 0.2) is 24.4 Å². The molecule has 0 aliphatic carbocycles. The van der Waals surface area contributed by atoms with Crippen LogP contribution in [0.1, 0.15) is 25.3 Å². The molecule has 1 atom stereocenters. The lowest BCUT2D eigenvalue weighted by Gasteiger charge is -2.19. The van der Waals surface area contributed by atoms with Crippen molar-refractivity contribution in [1.82, 2.24) is 4.98 Å². The van der Waals surface area contributed by atoms with Crippen molar-refractivity contribution in [3.05, 3.63) is 30.0 Å². The maximum absolute atomic E-state index is 10.6. The maximum Gasteiger partial charge on any atom is 0.328 e. The van der Waals surface area contributed by atoms with Gasteiger partial charge in [0, 0.05) is 30.9 Å². The number of carboxylic acids is 1. The fraction of sp³-hybridized carbons (Fsp3) is 0.429. The molecule has 0 amide bonds. The number of hydrogen-bond donors (Lipinski definition) is 1. The number of aliphatic carboxylic acids is 1. The molecule has 96 valence electrons. The molecule has 0 aromatic carbocycles. The zero-order chi connectivity index (χ0) is 13.0. The van der Waals surface area contributed by atoms with Gasteiger partial charge >= 0.3 is 5.97 Å². The van der Waals surface area contributed by atoms with E-state index in [0.29, 0.717) is 0 Å². The van der Waals surface area contributed by atoms with Crippen LogP contribution in [0.25, 0.3) is 6.08 Å². The first-order chi connectivity index (χ1) is 8.70. The summed E-state index contributed by atoms with van der Waals surface area (Å²) in [6, 6.07) is 3.74. The fourth-order valence-electron chi connectivity index (χ4n) is 2.32. The zero-order valence-electron chi connectivity index (χ0n) is 10.5. The number of pyridine rings is 1. The molecule has 4 nitrogen and oxygen atoms in total. The minimum Gasteiger partial charge on any atom is -0.478 e. The van der Waals surface area contributed by atoms with Crippen LogP contribution in [0, 0.1) is 5.92 Å². The molecule has 0 bridgehead atoms. The van der Waals surface area contributed by atoms with E-state index in [2.05, 4.69) is 16.8 Å². The van der Waals surface area contributed by atoms with E-state index in [0.717, 1.165) is 36.5 Å². The van der Waals surface area contributed by atoms with E-state index >= 15 is 0 Å². The van der Waals surface area contributed by atoms with Crippen LogP contribution < -0.4 is 4.90 Å². The third kappa shape index (κ3) is 2.88. The lowest BCUT2D eigenvalue weighted by atomic mass is 10.1. The number of rotatable bonds is 4. The van der Waals surface area contributed by atoms with Gasteiger partial charge in [0.2, 0.25) is 0 Å². The van der Waals surface area contributed by atoms with Crippen molar-refractivity contribution in [3.8, 4) is 0 Å². The third-order valence-electron chi connectivity index (χ3n) is 3.39. The molecule has 0 saturated carbocycles. The molecule has 18 heavy (non-hydrogen) atoms. The highest BCUT2D eigenvalue weighted by atomic mass is 16.4. The Balaban J connectivity index is 2.20. The molecule has 1 fully saturated rings. The van der Waals surface area contributed by atoms with Crippen molar-refractivity contribution in [3.63, 3.8) is 0 Å². The van der Waals surface area contributed by atoms with E-state index < -0.39 is 5.97 Å². The van der Waals surface area contributed by atoms with Crippen molar-refractivity contribution in [1.29, 1.82) is 0 Å². The summed E-state index contributed by atoms with van der Waals surface area (Å²) in [7, 11) is 0. The van der Waals surface area contributed by atoms with Crippen LogP contribution in [0.3, 0.4) is 0 Å². The van der Waals surface area contributed by atoms with Crippen molar-refractivity contribution in [2.75, 3.05) is 18.0 Å². The second kappa shape index (κ2) is 5.67. The lowest BCUT2D eigenvalue weighted by Crippen LogP contribution is -2.21. The summed E-state index contributed by atoms with van der Waals surface area (Å²) in [5.41, 5.74) is 0.872. The Morgan fingerprint density at radius 2 is 2.50 bits per heavy atom. The average molecular weight is 246 g/mol. The molecule has 0 radical (unpaired) electrons. The molecule has 4 heteroatoms. The van der Waals surface area contributed by atoms with E-state index in [4.69, 9.17) is 5.11 Å². The summed E-state index contributed by atoms with van der Waals surface area (Å²) in [5.74, 6) is 0.687. The Hall–Kier alpha value is -1.84. The highest BCUT2D eigenvalue weighted by Gasteiger charge is 2.23. The van der Waals surface area contributed by atoms with Crippen LogP contribution in [0.4, 0.5) is 5.82 Å². The smallest absolute Gasteiger partial charge is 0.328 e. The average Bonchev–Trinajstić information content (AvgIpc) is 2.85. The van der Waals surface area contributed by atoms with Gasteiger partial charge in [-0.15, -0.1) is 0 Å². The molecule has 2 heterocycles. The van der Waals surface area contributed by atoms with Gasteiger partial charge in [-0.2, -0.15) is 0 Å². The van der Waals surface area contributed by atoms with Gasteiger partial charge in [-0.3, -0.25) is 0 Å². The second-order valence-corrected chi connectivity index (χ2v) is 4.60. The van der Waals surface area contributed by atoms with Gasteiger partial charge in [-0.05, 0) is 30.5 Å². The van der Waals surface area contributed by atoms with Crippen LogP contribution >= 0.6 is 0 Å². The third-order valence-corrected chi connectivity index (χ3v) is 3.39. The predicted octanol–water partition coefficient (Wildman–Crippen LogP) is 2.42. The molecule has 0 spiro atoms. The zero-order valence-corrected chi connectivity index (χ0v) is 10.5. The van der Waals surface area contributed by atoms with Crippen molar-refractivity contribution >= 4 is 17.9 Å². The van der Waals surface area contributed by atoms with E-state index in [-0.39, 0.29) is 0 Å². The SMILES string of the molecule is CCC1CCN(c2ncccc2/C=C/C(=O)O)C1. The standard InChI is InChI=1S/C14H18N2O2/c1-2-11-7-9-16(10-11)14-12(4-3-8-15-14)5-6-13(17)18/h3-6,8,11H,2,7,9-10H2,1H3,(H,17,18)/b6-5+. The van der Waals surface area contributed by atoms with Gasteiger partial charge in [0.15, 0.2) is 0 Å². The Bertz CT molecular complexity index is 457. The van der Waals surface area contributed by atoms with Gasteiger partial charge in [-0.25, -0.2) is 9.78 Å². The first-order valence-corrected chi connectivity index (χ1v) is 6.31. The summed E-state index contributed by atoms with van der Waals surface area (Å²) in [6.45, 7) is 4.22. The first kappa shape index (κ1) is 12.6. The number of aromatic nitrogens is 1. The molecule has 1 aromatic heterocycles. The van der Waals surface area contributed by atoms with Crippen LogP contribution in [0.2, 0.25) is 0 Å². The molecule has 1 unspecified atom stereocenters. The highest BCUT2D eigenvalue weighted by molar-refractivity contribution is 5.86. The van der Waals surface area contributed by atoms with E-state index in [1.807, 2.05) is 12.1 Å². The molecular formula is C14H18N2O2. The Morgan fingerprint density at radius 1 is 1.67 bits per heavy atom. The monoisotopic (exact) mass is 246 g/mol. The van der Waals surface area contributed by atoms with Crippen molar-refractivity contribution in [2.45, 2.75) is 19.8 Å². The second-order valence-electron chi connectivity index (χ2n) is 4.60. The Morgan fingerprint density at radius 3 is 3.17 bits per heavy atom. The van der Waals surface area contributed by atoms with E-state index in [9.17, 15) is 4.79 Å². The number of carbonyl (C=O) groups is 1. The van der Waals surface area contributed by atoms with Crippen molar-refractivity contribution < 1.29 is 9.90 Å². The van der Waals surface area contributed by atoms with Gasteiger partial charge in [0.05, 0.1) is 0 Å². The largest absolute Gasteiger partial charge is 0.478 e. The molecule has 1 N–H and O–H groups in total. The minimum atomic E-state index is -0.933. The summed E-state index contributed by atoms with van der Waals surface area (Å²) in [6.07, 6.45) is 6.91. The van der Waals surface area contributed by atoms with E-state index in [1.54, 1.807) is 12.3 Å². The van der Waals surface area contributed by atoms with Gasteiger partial charge in [0.25, 0.3) is 0 Å². The quantitative estimate of drug-likeness (QED) is 0.829. The Kier molecular flexibility index (Phi) is 3.97. The van der Waals surface area contributed by atoms with Crippen LogP contribution in [-0.4, -0.2) is 29.1 Å². The van der Waals surface area contributed by atoms with E-state index in [1.165, 1.54) is 12.8 Å². The molecule has 1 aliphatic heterocycles. The number of nitrogens with zero attached hydrogens (tertiary/aromatic N) is 2. The predicted molar refractivity (Wildman–Crippen MR) is 71.5 cm³/mol. The van der Waals surface area contributed by atoms with Crippen molar-refractivity contribution in [2.24, 2.45) is 5.92 Å². The molecule has 1 aliphatic rings. The fourth-order valence-corrected chi connectivity index (χ4v) is 2.32. The normalized spacial score (nSPS) is 19.6. The number of anilines is 1. The molecule has 1 saturated heterocycles. The first-order valence-electron chi connectivity index (χ1n) is 6.31. The summed E-state index contributed by atoms with van der Waals surface area (Å²) in [4.78, 5) is 17.2. The topological polar surface area (TPSA) is 53.4 Å². The summed E-state index contributed by atoms with van der Waals surface area (Å²) in [5, 5.41) is 8.69. The van der Waals surface area contributed by atoms with Gasteiger partial charge < -0.3 is 10.0 Å². The number of carboxylic acid groups (broad SMARTS) is 1. The Labute approximate surface area is 107 Å².